The van der Waals surface area contributed by atoms with Gasteiger partial charge in [0.05, 0.1) is 16.0 Å². The van der Waals surface area contributed by atoms with Gasteiger partial charge in [-0.15, -0.1) is 11.3 Å². The van der Waals surface area contributed by atoms with Crippen LogP contribution in [0.2, 0.25) is 15.1 Å². The summed E-state index contributed by atoms with van der Waals surface area (Å²) in [4.78, 5) is 25.5. The molecule has 1 unspecified atom stereocenters. The van der Waals surface area contributed by atoms with Crippen LogP contribution in [0, 0.1) is 5.92 Å². The van der Waals surface area contributed by atoms with E-state index < -0.39 is 11.9 Å². The van der Waals surface area contributed by atoms with Crippen LogP contribution in [0.5, 0.6) is 0 Å². The lowest BCUT2D eigenvalue weighted by molar-refractivity contribution is -0.141. The maximum Gasteiger partial charge on any atom is 0.308 e. The quantitative estimate of drug-likeness (QED) is 0.842. The number of aliphatic carboxylic acids is 1. The van der Waals surface area contributed by atoms with E-state index in [2.05, 4.69) is 0 Å². The number of hydrogen-bond donors (Lipinski definition) is 1. The molecule has 0 saturated carbocycles. The number of rotatable bonds is 2. The average molecular weight is 379 g/mol. The molecule has 0 aliphatic carbocycles. The van der Waals surface area contributed by atoms with Crippen molar-refractivity contribution in [1.82, 2.24) is 4.90 Å². The Balaban J connectivity index is 1.97. The molecule has 1 atom stereocenters. The van der Waals surface area contributed by atoms with Crippen molar-refractivity contribution < 1.29 is 14.7 Å². The lowest BCUT2D eigenvalue weighted by Crippen LogP contribution is -2.29. The van der Waals surface area contributed by atoms with Crippen LogP contribution in [-0.2, 0) is 4.79 Å². The van der Waals surface area contributed by atoms with E-state index in [-0.39, 0.29) is 12.5 Å². The second-order valence-corrected chi connectivity index (χ2v) is 7.35. The molecule has 1 amide bonds. The predicted octanol–water partition coefficient (Wildman–Crippen LogP) is 4.41. The van der Waals surface area contributed by atoms with E-state index in [0.717, 1.165) is 4.70 Å². The molecule has 1 N–H and O–H groups in total. The zero-order valence-corrected chi connectivity index (χ0v) is 14.2. The summed E-state index contributed by atoms with van der Waals surface area (Å²) in [5.74, 6) is -1.66. The summed E-state index contributed by atoms with van der Waals surface area (Å²) >= 11 is 19.6. The van der Waals surface area contributed by atoms with Gasteiger partial charge in [-0.25, -0.2) is 0 Å². The summed E-state index contributed by atoms with van der Waals surface area (Å²) in [7, 11) is 0. The summed E-state index contributed by atoms with van der Waals surface area (Å²) in [6, 6.07) is 3.29. The fraction of sp³-hybridized carbons (Fsp3) is 0.286. The second kappa shape index (κ2) is 5.89. The van der Waals surface area contributed by atoms with Crippen LogP contribution in [0.25, 0.3) is 10.1 Å². The van der Waals surface area contributed by atoms with E-state index in [1.807, 2.05) is 0 Å². The SMILES string of the molecule is O=C(O)C1CCN(C(=O)c2sc3cc(Cl)cc(Cl)c3c2Cl)C1. The van der Waals surface area contributed by atoms with Crippen LogP contribution in [0.4, 0.5) is 0 Å². The van der Waals surface area contributed by atoms with E-state index in [1.54, 1.807) is 12.1 Å². The normalized spacial score (nSPS) is 18.1. The third kappa shape index (κ3) is 2.67. The maximum atomic E-state index is 12.6. The van der Waals surface area contributed by atoms with Gasteiger partial charge in [0.15, 0.2) is 0 Å². The Morgan fingerprint density at radius 1 is 1.27 bits per heavy atom. The molecule has 1 aliphatic heterocycles. The minimum absolute atomic E-state index is 0.202. The van der Waals surface area contributed by atoms with Gasteiger partial charge in [-0.05, 0) is 18.6 Å². The zero-order chi connectivity index (χ0) is 16.0. The van der Waals surface area contributed by atoms with Crippen LogP contribution in [0.1, 0.15) is 16.1 Å². The number of carboxylic acid groups (broad SMARTS) is 1. The van der Waals surface area contributed by atoms with Gasteiger partial charge in [-0.2, -0.15) is 0 Å². The lowest BCUT2D eigenvalue weighted by atomic mass is 10.1. The zero-order valence-electron chi connectivity index (χ0n) is 11.1. The van der Waals surface area contributed by atoms with Crippen molar-refractivity contribution in [3.05, 3.63) is 32.1 Å². The molecule has 1 aliphatic rings. The molecule has 0 radical (unpaired) electrons. The standard InChI is InChI=1S/C14H10Cl3NO3S/c15-7-3-8(16)10-9(4-7)22-12(11(10)17)13(19)18-2-1-6(5-18)14(20)21/h3-4,6H,1-2,5H2,(H,20,21). The topological polar surface area (TPSA) is 57.6 Å². The van der Waals surface area contributed by atoms with Gasteiger partial charge in [-0.3, -0.25) is 9.59 Å². The minimum atomic E-state index is -0.882. The first-order valence-corrected chi connectivity index (χ1v) is 8.42. The Labute approximate surface area is 145 Å². The van der Waals surface area contributed by atoms with E-state index in [9.17, 15) is 9.59 Å². The highest BCUT2D eigenvalue weighted by atomic mass is 35.5. The monoisotopic (exact) mass is 377 g/mol. The van der Waals surface area contributed by atoms with Crippen molar-refractivity contribution in [2.75, 3.05) is 13.1 Å². The number of halogens is 3. The lowest BCUT2D eigenvalue weighted by Gasteiger charge is -2.14. The Morgan fingerprint density at radius 2 is 2.00 bits per heavy atom. The smallest absolute Gasteiger partial charge is 0.308 e. The number of benzene rings is 1. The van der Waals surface area contributed by atoms with E-state index in [1.165, 1.54) is 16.2 Å². The van der Waals surface area contributed by atoms with Crippen LogP contribution in [0.3, 0.4) is 0 Å². The number of carboxylic acids is 1. The van der Waals surface area contributed by atoms with Crippen molar-refractivity contribution in [3.8, 4) is 0 Å². The first-order chi connectivity index (χ1) is 10.4. The van der Waals surface area contributed by atoms with Gasteiger partial charge >= 0.3 is 5.97 Å². The Bertz CT molecular complexity index is 789. The molecule has 8 heteroatoms. The Morgan fingerprint density at radius 3 is 2.64 bits per heavy atom. The number of carbonyl (C=O) groups is 2. The van der Waals surface area contributed by atoms with Gasteiger partial charge in [0, 0.05) is 28.2 Å². The molecular formula is C14H10Cl3NO3S. The molecule has 2 heterocycles. The minimum Gasteiger partial charge on any atom is -0.481 e. The molecule has 0 bridgehead atoms. The van der Waals surface area contributed by atoms with Crippen molar-refractivity contribution in [2.45, 2.75) is 6.42 Å². The third-order valence-electron chi connectivity index (χ3n) is 3.67. The van der Waals surface area contributed by atoms with Crippen molar-refractivity contribution in [2.24, 2.45) is 5.92 Å². The van der Waals surface area contributed by atoms with Gasteiger partial charge in [0.25, 0.3) is 5.91 Å². The fourth-order valence-electron chi connectivity index (χ4n) is 2.54. The molecule has 3 rings (SSSR count). The summed E-state index contributed by atoms with van der Waals surface area (Å²) < 4.78 is 0.736. The summed E-state index contributed by atoms with van der Waals surface area (Å²) in [5.41, 5.74) is 0. The molecule has 1 aromatic heterocycles. The number of carbonyl (C=O) groups excluding carboxylic acids is 1. The van der Waals surface area contributed by atoms with E-state index >= 15 is 0 Å². The van der Waals surface area contributed by atoms with Gasteiger partial charge in [0.1, 0.15) is 4.88 Å². The number of amides is 1. The molecule has 2 aromatic rings. The summed E-state index contributed by atoms with van der Waals surface area (Å²) in [6.45, 7) is 0.613. The second-order valence-electron chi connectivity index (χ2n) is 5.08. The van der Waals surface area contributed by atoms with Crippen LogP contribution in [-0.4, -0.2) is 35.0 Å². The van der Waals surface area contributed by atoms with Crippen molar-refractivity contribution >= 4 is 68.1 Å². The first-order valence-electron chi connectivity index (χ1n) is 6.47. The van der Waals surface area contributed by atoms with E-state index in [0.29, 0.717) is 38.3 Å². The average Bonchev–Trinajstić information content (AvgIpc) is 3.03. The molecule has 22 heavy (non-hydrogen) atoms. The molecule has 1 aromatic carbocycles. The number of nitrogens with zero attached hydrogens (tertiary/aromatic N) is 1. The number of fused-ring (bicyclic) bond motifs is 1. The summed E-state index contributed by atoms with van der Waals surface area (Å²) in [5, 5.41) is 10.8. The Hall–Kier alpha value is -1.01. The van der Waals surface area contributed by atoms with Crippen molar-refractivity contribution in [1.29, 1.82) is 0 Å². The van der Waals surface area contributed by atoms with E-state index in [4.69, 9.17) is 39.9 Å². The number of thiophene rings is 1. The van der Waals surface area contributed by atoms with Crippen LogP contribution in [0.15, 0.2) is 12.1 Å². The van der Waals surface area contributed by atoms with Gasteiger partial charge in [0.2, 0.25) is 0 Å². The van der Waals surface area contributed by atoms with Crippen LogP contribution < -0.4 is 0 Å². The fourth-order valence-corrected chi connectivity index (χ4v) is 4.88. The largest absolute Gasteiger partial charge is 0.481 e. The highest BCUT2D eigenvalue weighted by molar-refractivity contribution is 7.21. The van der Waals surface area contributed by atoms with Crippen molar-refractivity contribution in [3.63, 3.8) is 0 Å². The number of hydrogen-bond acceptors (Lipinski definition) is 3. The molecule has 116 valence electrons. The molecule has 1 saturated heterocycles. The Kier molecular flexibility index (Phi) is 4.25. The third-order valence-corrected chi connectivity index (χ3v) is 5.80. The predicted molar refractivity (Wildman–Crippen MR) is 88.5 cm³/mol. The highest BCUT2D eigenvalue weighted by Gasteiger charge is 2.33. The van der Waals surface area contributed by atoms with Gasteiger partial charge in [-0.1, -0.05) is 34.8 Å². The maximum absolute atomic E-state index is 12.6. The molecule has 0 spiro atoms. The van der Waals surface area contributed by atoms with Gasteiger partial charge < -0.3 is 10.0 Å². The molecule has 4 nitrogen and oxygen atoms in total. The summed E-state index contributed by atoms with van der Waals surface area (Å²) in [6.07, 6.45) is 0.455. The van der Waals surface area contributed by atoms with Crippen LogP contribution >= 0.6 is 46.1 Å². The number of likely N-dealkylation sites (tertiary alicyclic amines) is 1. The highest BCUT2D eigenvalue weighted by Crippen LogP contribution is 2.42. The first kappa shape index (κ1) is 15.9. The molecular weight excluding hydrogens is 369 g/mol. The molecule has 1 fully saturated rings.